The van der Waals surface area contributed by atoms with E-state index in [0.29, 0.717) is 31.0 Å². The molecule has 1 unspecified atom stereocenters. The molecule has 128 valence electrons. The lowest BCUT2D eigenvalue weighted by Gasteiger charge is -2.31. The van der Waals surface area contributed by atoms with Crippen molar-refractivity contribution in [1.29, 1.82) is 0 Å². The lowest BCUT2D eigenvalue weighted by atomic mass is 10.2. The van der Waals surface area contributed by atoms with E-state index in [-0.39, 0.29) is 12.0 Å². The molecule has 1 fully saturated rings. The van der Waals surface area contributed by atoms with E-state index in [1.54, 1.807) is 12.3 Å². The quantitative estimate of drug-likeness (QED) is 0.792. The molecule has 0 bridgehead atoms. The summed E-state index contributed by atoms with van der Waals surface area (Å²) < 4.78 is 10.7. The third kappa shape index (κ3) is 3.62. The Bertz CT molecular complexity index is 712. The summed E-state index contributed by atoms with van der Waals surface area (Å²) in [7, 11) is 0. The number of pyridine rings is 1. The van der Waals surface area contributed by atoms with Gasteiger partial charge in [0.2, 0.25) is 0 Å². The molecule has 24 heavy (non-hydrogen) atoms. The maximum absolute atomic E-state index is 12.8. The molecule has 0 radical (unpaired) electrons. The van der Waals surface area contributed by atoms with Crippen molar-refractivity contribution >= 4 is 17.7 Å². The molecule has 1 saturated heterocycles. The monoisotopic (exact) mass is 347 g/mol. The first-order chi connectivity index (χ1) is 11.6. The second kappa shape index (κ2) is 7.36. The van der Waals surface area contributed by atoms with Crippen molar-refractivity contribution < 1.29 is 14.1 Å². The molecule has 1 atom stereocenters. The first kappa shape index (κ1) is 17.0. The first-order valence-corrected chi connectivity index (χ1v) is 8.95. The number of thioether (sulfide) groups is 1. The normalized spacial score (nSPS) is 18.0. The molecule has 2 aromatic rings. The Morgan fingerprint density at radius 3 is 3.00 bits per heavy atom. The molecule has 0 aliphatic carbocycles. The number of ether oxygens (including phenoxy) is 1. The third-order valence-electron chi connectivity index (χ3n) is 4.06. The van der Waals surface area contributed by atoms with Crippen LogP contribution >= 0.6 is 11.8 Å². The number of carbonyl (C=O) groups is 1. The number of hydrogen-bond acceptors (Lipinski definition) is 6. The highest BCUT2D eigenvalue weighted by molar-refractivity contribution is 7.98. The molecule has 1 amide bonds. The Morgan fingerprint density at radius 2 is 2.29 bits per heavy atom. The Labute approximate surface area is 145 Å². The smallest absolute Gasteiger partial charge is 0.256 e. The minimum atomic E-state index is 0.0134. The molecule has 3 heterocycles. The average molecular weight is 347 g/mol. The van der Waals surface area contributed by atoms with Gasteiger partial charge in [-0.2, -0.15) is 0 Å². The van der Waals surface area contributed by atoms with Gasteiger partial charge in [0.05, 0.1) is 24.0 Å². The van der Waals surface area contributed by atoms with Gasteiger partial charge in [0.25, 0.3) is 5.91 Å². The zero-order chi connectivity index (χ0) is 17.1. The molecule has 2 aromatic heterocycles. The topological polar surface area (TPSA) is 68.5 Å². The molecule has 3 rings (SSSR count). The number of aryl methyl sites for hydroxylation is 2. The Morgan fingerprint density at radius 1 is 1.46 bits per heavy atom. The van der Waals surface area contributed by atoms with E-state index in [9.17, 15) is 4.79 Å². The zero-order valence-corrected chi connectivity index (χ0v) is 14.9. The summed E-state index contributed by atoms with van der Waals surface area (Å²) in [5.74, 6) is 1.50. The van der Waals surface area contributed by atoms with Crippen LogP contribution in [0.2, 0.25) is 0 Å². The van der Waals surface area contributed by atoms with Crippen molar-refractivity contribution in [2.24, 2.45) is 0 Å². The molecular weight excluding hydrogens is 326 g/mol. The summed E-state index contributed by atoms with van der Waals surface area (Å²) in [6, 6.07) is 3.64. The van der Waals surface area contributed by atoms with Gasteiger partial charge in [-0.1, -0.05) is 5.16 Å². The van der Waals surface area contributed by atoms with Crippen LogP contribution < -0.4 is 0 Å². The van der Waals surface area contributed by atoms with E-state index >= 15 is 0 Å². The number of aromatic nitrogens is 2. The Kier molecular flexibility index (Phi) is 5.20. The first-order valence-electron chi connectivity index (χ1n) is 7.96. The molecule has 1 aliphatic heterocycles. The van der Waals surface area contributed by atoms with Gasteiger partial charge < -0.3 is 14.2 Å². The fourth-order valence-corrected chi connectivity index (χ4v) is 3.83. The highest BCUT2D eigenvalue weighted by Gasteiger charge is 2.25. The van der Waals surface area contributed by atoms with E-state index in [1.165, 1.54) is 11.8 Å². The van der Waals surface area contributed by atoms with Crippen LogP contribution in [0.25, 0.3) is 0 Å². The van der Waals surface area contributed by atoms with Crippen LogP contribution in [0.4, 0.5) is 0 Å². The van der Waals surface area contributed by atoms with Gasteiger partial charge in [-0.15, -0.1) is 11.8 Å². The van der Waals surface area contributed by atoms with Crippen LogP contribution in [0.3, 0.4) is 0 Å². The lowest BCUT2D eigenvalue weighted by molar-refractivity contribution is -0.0125. The SMILES string of the molecule is Cc1noc(C)c1CSc1ncccc1C(=O)N1CCOC(C)C1. The van der Waals surface area contributed by atoms with Crippen molar-refractivity contribution in [1.82, 2.24) is 15.0 Å². The van der Waals surface area contributed by atoms with E-state index in [1.807, 2.05) is 31.7 Å². The second-order valence-corrected chi connectivity index (χ2v) is 6.84. The van der Waals surface area contributed by atoms with Crippen LogP contribution in [0, 0.1) is 13.8 Å². The summed E-state index contributed by atoms with van der Waals surface area (Å²) >= 11 is 1.54. The zero-order valence-electron chi connectivity index (χ0n) is 14.1. The Hall–Kier alpha value is -1.86. The van der Waals surface area contributed by atoms with Gasteiger partial charge >= 0.3 is 0 Å². The van der Waals surface area contributed by atoms with Gasteiger partial charge in [-0.3, -0.25) is 4.79 Å². The second-order valence-electron chi connectivity index (χ2n) is 5.88. The highest BCUT2D eigenvalue weighted by Crippen LogP contribution is 2.28. The molecular formula is C17H21N3O3S. The highest BCUT2D eigenvalue weighted by atomic mass is 32.2. The van der Waals surface area contributed by atoms with Crippen molar-refractivity contribution in [2.75, 3.05) is 19.7 Å². The molecule has 0 N–H and O–H groups in total. The molecule has 7 heteroatoms. The lowest BCUT2D eigenvalue weighted by Crippen LogP contribution is -2.44. The minimum absolute atomic E-state index is 0.0134. The Balaban J connectivity index is 1.76. The average Bonchev–Trinajstić information content (AvgIpc) is 2.91. The summed E-state index contributed by atoms with van der Waals surface area (Å²) in [4.78, 5) is 19.1. The van der Waals surface area contributed by atoms with Crippen molar-refractivity contribution in [3.05, 3.63) is 40.9 Å². The van der Waals surface area contributed by atoms with Crippen molar-refractivity contribution in [3.63, 3.8) is 0 Å². The van der Waals surface area contributed by atoms with Crippen molar-refractivity contribution in [3.8, 4) is 0 Å². The third-order valence-corrected chi connectivity index (χ3v) is 5.10. The van der Waals surface area contributed by atoms with Crippen LogP contribution in [0.15, 0.2) is 27.9 Å². The van der Waals surface area contributed by atoms with Crippen LogP contribution in [-0.2, 0) is 10.5 Å². The van der Waals surface area contributed by atoms with Gasteiger partial charge in [-0.05, 0) is 32.9 Å². The van der Waals surface area contributed by atoms with Gasteiger partial charge in [-0.25, -0.2) is 4.98 Å². The standard InChI is InChI=1S/C17H21N3O3S/c1-11-9-20(7-8-22-11)17(21)14-5-4-6-18-16(14)24-10-15-12(2)19-23-13(15)3/h4-6,11H,7-10H2,1-3H3. The molecule has 0 aromatic carbocycles. The van der Waals surface area contributed by atoms with E-state index < -0.39 is 0 Å². The largest absolute Gasteiger partial charge is 0.375 e. The van der Waals surface area contributed by atoms with Crippen molar-refractivity contribution in [2.45, 2.75) is 37.7 Å². The number of rotatable bonds is 4. The molecule has 0 spiro atoms. The van der Waals surface area contributed by atoms with Crippen LogP contribution in [0.1, 0.15) is 34.3 Å². The molecule has 6 nitrogen and oxygen atoms in total. The van der Waals surface area contributed by atoms with E-state index in [4.69, 9.17) is 9.26 Å². The summed E-state index contributed by atoms with van der Waals surface area (Å²) in [5, 5.41) is 4.71. The summed E-state index contributed by atoms with van der Waals surface area (Å²) in [6.45, 7) is 7.61. The van der Waals surface area contributed by atoms with Crippen LogP contribution in [-0.4, -0.2) is 46.7 Å². The minimum Gasteiger partial charge on any atom is -0.375 e. The fourth-order valence-electron chi connectivity index (χ4n) is 2.69. The van der Waals surface area contributed by atoms with Gasteiger partial charge in [0, 0.05) is 30.6 Å². The van der Waals surface area contributed by atoms with E-state index in [2.05, 4.69) is 10.1 Å². The van der Waals surface area contributed by atoms with Crippen LogP contribution in [0.5, 0.6) is 0 Å². The fraction of sp³-hybridized carbons (Fsp3) is 0.471. The van der Waals surface area contributed by atoms with E-state index in [0.717, 1.165) is 22.0 Å². The number of amides is 1. The predicted octanol–water partition coefficient (Wildman–Crippen LogP) is 2.84. The maximum Gasteiger partial charge on any atom is 0.256 e. The summed E-state index contributed by atoms with van der Waals surface area (Å²) in [5.41, 5.74) is 2.58. The van der Waals surface area contributed by atoms with Gasteiger partial charge in [0.1, 0.15) is 10.8 Å². The number of carbonyl (C=O) groups excluding carboxylic acids is 1. The predicted molar refractivity (Wildman–Crippen MR) is 91.1 cm³/mol. The molecule has 0 saturated carbocycles. The number of nitrogens with zero attached hydrogens (tertiary/aromatic N) is 3. The molecule has 1 aliphatic rings. The number of morpholine rings is 1. The number of hydrogen-bond donors (Lipinski definition) is 0. The summed E-state index contributed by atoms with van der Waals surface area (Å²) in [6.07, 6.45) is 1.78. The van der Waals surface area contributed by atoms with Gasteiger partial charge in [0.15, 0.2) is 0 Å². The maximum atomic E-state index is 12.8.